The minimum atomic E-state index is -4.41. The topological polar surface area (TPSA) is 226 Å². The first-order valence-corrected chi connectivity index (χ1v) is 33.7. The molecule has 3 aromatic rings. The number of benzene rings is 3. The number of hydrogen-bond acceptors (Lipinski definition) is 14. The highest BCUT2D eigenvalue weighted by Gasteiger charge is 2.45. The Morgan fingerprint density at radius 3 is 2.11 bits per heavy atom. The summed E-state index contributed by atoms with van der Waals surface area (Å²) in [5.74, 6) is -0.247. The second-order valence-corrected chi connectivity index (χ2v) is 29.6. The number of para-hydroxylation sites is 2. The quantitative estimate of drug-likeness (QED) is 0.00961. The number of nitrogens with one attached hydrogen (secondary N) is 1. The van der Waals surface area contributed by atoms with Crippen LogP contribution in [0.15, 0.2) is 125 Å². The largest absolute Gasteiger partial charge is 0.472 e. The summed E-state index contributed by atoms with van der Waals surface area (Å²) in [6.07, 6.45) is 14.6. The SMILES string of the molecule is CCCCC[N+]1=C(C=CC2=C(Oc3ccc(S(=O)(=O)O)cc3)C(=CC=C3N(CCC(=O)NCCOCCOCCOC(=O)C(C)(C)CC(C)(Br)C(=O)OCCOP(=O)(O)OCC[N+](C)(C)C)c4ccccc4C3(C)C)CCC2)C(C)(C)c2ccccc21. The van der Waals surface area contributed by atoms with E-state index >= 15 is 0 Å². The number of anilines is 1. The van der Waals surface area contributed by atoms with E-state index < -0.39 is 45.0 Å². The molecular weight excluding hydrogens is 1220 g/mol. The van der Waals surface area contributed by atoms with E-state index in [4.69, 9.17) is 32.7 Å². The highest BCUT2D eigenvalue weighted by atomic mass is 79.9. The number of carbonyl (C=O) groups excluding carboxylic acids is 3. The third-order valence-corrected chi connectivity index (χ3v) is 18.1. The minimum absolute atomic E-state index is 0.00750. The lowest BCUT2D eigenvalue weighted by molar-refractivity contribution is -0.870. The van der Waals surface area contributed by atoms with Gasteiger partial charge in [-0.3, -0.25) is 28.0 Å². The van der Waals surface area contributed by atoms with Gasteiger partial charge in [0.2, 0.25) is 11.6 Å². The molecular formula is C65H92BrN4O15PS+2. The third kappa shape index (κ3) is 20.1. The maximum absolute atomic E-state index is 13.4. The predicted octanol–water partition coefficient (Wildman–Crippen LogP) is 11.2. The molecule has 0 saturated heterocycles. The van der Waals surface area contributed by atoms with Gasteiger partial charge < -0.3 is 43.3 Å². The normalized spacial score (nSPS) is 18.2. The average Bonchev–Trinajstić information content (AvgIpc) is 1.64. The molecule has 19 nitrogen and oxygen atoms in total. The Balaban J connectivity index is 1.01. The van der Waals surface area contributed by atoms with Crippen molar-refractivity contribution in [1.82, 2.24) is 5.32 Å². The molecule has 0 bridgehead atoms. The van der Waals surface area contributed by atoms with Gasteiger partial charge >= 0.3 is 19.8 Å². The highest BCUT2D eigenvalue weighted by molar-refractivity contribution is 9.10. The molecule has 0 radical (unpaired) electrons. The Morgan fingerprint density at radius 1 is 0.793 bits per heavy atom. The molecule has 1 amide bonds. The van der Waals surface area contributed by atoms with Crippen molar-refractivity contribution in [1.29, 1.82) is 0 Å². The second kappa shape index (κ2) is 30.9. The van der Waals surface area contributed by atoms with Crippen LogP contribution in [0.2, 0.25) is 0 Å². The molecule has 0 saturated carbocycles. The molecule has 22 heteroatoms. The number of phosphoric acid groups is 1. The van der Waals surface area contributed by atoms with Crippen molar-refractivity contribution in [2.75, 3.05) is 105 Å². The van der Waals surface area contributed by atoms with Crippen LogP contribution in [-0.2, 0) is 67.9 Å². The molecule has 0 fully saturated rings. The molecule has 2 aliphatic heterocycles. The number of ether oxygens (including phenoxy) is 5. The average molecular weight is 1310 g/mol. The molecule has 87 heavy (non-hydrogen) atoms. The predicted molar refractivity (Wildman–Crippen MR) is 340 cm³/mol. The lowest BCUT2D eigenvalue weighted by Crippen LogP contribution is -2.40. The van der Waals surface area contributed by atoms with Crippen molar-refractivity contribution < 1.29 is 78.6 Å². The zero-order chi connectivity index (χ0) is 63.9. The number of hydrogen-bond donors (Lipinski definition) is 3. The Morgan fingerprint density at radius 2 is 1.43 bits per heavy atom. The molecule has 3 aliphatic rings. The number of fused-ring (bicyclic) bond motifs is 2. The van der Waals surface area contributed by atoms with Gasteiger partial charge in [0, 0.05) is 60.4 Å². The van der Waals surface area contributed by atoms with Crippen molar-refractivity contribution in [3.05, 3.63) is 131 Å². The number of rotatable bonds is 34. The van der Waals surface area contributed by atoms with E-state index in [-0.39, 0.29) is 88.5 Å². The smallest absolute Gasteiger partial charge is 0.463 e. The summed E-state index contributed by atoms with van der Waals surface area (Å²) in [6.45, 7) is 18.2. The number of alkyl halides is 1. The minimum Gasteiger partial charge on any atom is -0.463 e. The van der Waals surface area contributed by atoms with Crippen LogP contribution in [0.3, 0.4) is 0 Å². The Labute approximate surface area is 523 Å². The van der Waals surface area contributed by atoms with Gasteiger partial charge in [0.05, 0.1) is 69.9 Å². The van der Waals surface area contributed by atoms with Crippen LogP contribution < -0.4 is 15.0 Å². The number of halogens is 1. The first-order valence-electron chi connectivity index (χ1n) is 30.0. The van der Waals surface area contributed by atoms with Gasteiger partial charge in [-0.25, -0.2) is 4.57 Å². The van der Waals surface area contributed by atoms with Crippen LogP contribution in [0, 0.1) is 5.41 Å². The summed E-state index contributed by atoms with van der Waals surface area (Å²) < 4.78 is 86.3. The van der Waals surface area contributed by atoms with Crippen molar-refractivity contribution in [2.45, 2.75) is 127 Å². The zero-order valence-electron chi connectivity index (χ0n) is 52.7. The lowest BCUT2D eigenvalue weighted by atomic mass is 9.81. The van der Waals surface area contributed by atoms with Gasteiger partial charge in [-0.1, -0.05) is 85.6 Å². The summed E-state index contributed by atoms with van der Waals surface area (Å²) in [5, 5.41) is 2.98. The van der Waals surface area contributed by atoms with E-state index in [1.807, 2.05) is 33.3 Å². The molecule has 2 atom stereocenters. The third-order valence-electron chi connectivity index (χ3n) is 15.6. The molecule has 2 unspecified atom stereocenters. The summed E-state index contributed by atoms with van der Waals surface area (Å²) in [5.41, 5.74) is 7.13. The second-order valence-electron chi connectivity index (χ2n) is 25.0. The van der Waals surface area contributed by atoms with E-state index in [9.17, 15) is 36.8 Å². The summed E-state index contributed by atoms with van der Waals surface area (Å²) in [4.78, 5) is 51.2. The number of amides is 1. The van der Waals surface area contributed by atoms with E-state index in [1.54, 1.807) is 32.9 Å². The van der Waals surface area contributed by atoms with Crippen LogP contribution >= 0.6 is 23.8 Å². The molecule has 0 aromatic heterocycles. The number of esters is 2. The van der Waals surface area contributed by atoms with Crippen LogP contribution in [-0.4, -0.2) is 155 Å². The molecule has 478 valence electrons. The summed E-state index contributed by atoms with van der Waals surface area (Å²) in [6, 6.07) is 22.7. The Bertz CT molecular complexity index is 3220. The van der Waals surface area contributed by atoms with Crippen LogP contribution in [0.5, 0.6) is 5.75 Å². The molecule has 6 rings (SSSR count). The van der Waals surface area contributed by atoms with Gasteiger partial charge in [-0.15, -0.1) is 0 Å². The summed E-state index contributed by atoms with van der Waals surface area (Å²) >= 11 is 3.37. The number of unbranched alkanes of at least 4 members (excludes halogenated alkanes) is 2. The molecule has 1 aliphatic carbocycles. The monoisotopic (exact) mass is 1310 g/mol. The highest BCUT2D eigenvalue weighted by Crippen LogP contribution is 2.48. The number of likely N-dealkylation sites (N-methyl/N-ethyl adjacent to an activating group) is 1. The number of nitrogens with zero attached hydrogens (tertiary/aromatic N) is 3. The van der Waals surface area contributed by atoms with Crippen molar-refractivity contribution >= 4 is 68.8 Å². The number of carbonyl (C=O) groups is 3. The fraction of sp³-hybridized carbons (Fsp3) is 0.538. The number of quaternary nitrogens is 1. The van der Waals surface area contributed by atoms with E-state index in [0.29, 0.717) is 29.1 Å². The van der Waals surface area contributed by atoms with E-state index in [0.717, 1.165) is 73.2 Å². The lowest BCUT2D eigenvalue weighted by Gasteiger charge is -2.30. The fourth-order valence-corrected chi connectivity index (χ4v) is 12.9. The van der Waals surface area contributed by atoms with Crippen LogP contribution in [0.1, 0.15) is 118 Å². The first kappa shape index (κ1) is 70.8. The van der Waals surface area contributed by atoms with Gasteiger partial charge in [0.1, 0.15) is 48.7 Å². The molecule has 0 spiro atoms. The van der Waals surface area contributed by atoms with Gasteiger partial charge in [-0.05, 0) is 126 Å². The van der Waals surface area contributed by atoms with Crippen LogP contribution in [0.4, 0.5) is 11.4 Å². The Hall–Kier alpha value is -5.32. The molecule has 3 N–H and O–H groups in total. The fourth-order valence-electron chi connectivity index (χ4n) is 10.9. The van der Waals surface area contributed by atoms with Crippen LogP contribution in [0.25, 0.3) is 0 Å². The number of allylic oxidation sites excluding steroid dienone is 7. The van der Waals surface area contributed by atoms with Gasteiger partial charge in [0.15, 0.2) is 5.71 Å². The summed E-state index contributed by atoms with van der Waals surface area (Å²) in [7, 11) is -2.99. The zero-order valence-corrected chi connectivity index (χ0v) is 56.0. The maximum Gasteiger partial charge on any atom is 0.472 e. The molecule has 2 heterocycles. The van der Waals surface area contributed by atoms with Crippen molar-refractivity contribution in [3.8, 4) is 5.75 Å². The van der Waals surface area contributed by atoms with Gasteiger partial charge in [-0.2, -0.15) is 13.0 Å². The standard InChI is InChI=1S/C65H90BrN4O15PS/c1-12-13-18-36-68-54-24-16-14-22-52(54)63(4,5)56(68)32-26-48-20-19-21-49(59(48)85-50-28-30-51(31-29-50)87(76,77)78)27-33-57-64(6,7)53-23-15-17-25-55(53)69(57)37-34-58(71)67-35-39-79-41-42-80-43-44-81-60(72)62(2,3)47-65(8,66)61(73)82-45-46-84-86(74,75)83-40-38-70(9,10)11/h14-17,22-33H,12-13,18-21,34-47H2,1-11H3,(H-2,67,71,74,75,76,77,78)/p+2. The number of phosphoric ester groups is 1. The Kier molecular flexibility index (Phi) is 25.2. The van der Waals surface area contributed by atoms with Crippen molar-refractivity contribution in [3.63, 3.8) is 0 Å². The van der Waals surface area contributed by atoms with Gasteiger partial charge in [0.25, 0.3) is 10.1 Å². The molecule has 3 aromatic carbocycles. The maximum atomic E-state index is 13.4. The van der Waals surface area contributed by atoms with Crippen molar-refractivity contribution in [2.24, 2.45) is 5.41 Å². The van der Waals surface area contributed by atoms with E-state index in [1.165, 1.54) is 29.1 Å². The first-order chi connectivity index (χ1) is 40.9. The van der Waals surface area contributed by atoms with E-state index in [2.05, 4.69) is 126 Å².